The molecular weight excluding hydrogens is 474 g/mol. The lowest BCUT2D eigenvalue weighted by Crippen LogP contribution is -2.11. The van der Waals surface area contributed by atoms with E-state index in [0.717, 1.165) is 18.2 Å². The van der Waals surface area contributed by atoms with Gasteiger partial charge in [0.2, 0.25) is 0 Å². The second-order valence-corrected chi connectivity index (χ2v) is 9.44. The number of benzene rings is 3. The molecular formula is C21H18F6N2O3S. The SMILES string of the molecule is COc1ccc(Nc2ccc(N(C)c3ccc(S(F)(F)(F)(F)F)cc3)cc2F)c(C(=O)O)c1. The Bertz CT molecular complexity index is 1220. The number of hydrogen-bond acceptors (Lipinski definition) is 4. The van der Waals surface area contributed by atoms with Gasteiger partial charge in [0, 0.05) is 18.4 Å². The van der Waals surface area contributed by atoms with Crippen LogP contribution in [0.25, 0.3) is 0 Å². The molecule has 33 heavy (non-hydrogen) atoms. The van der Waals surface area contributed by atoms with Crippen molar-refractivity contribution in [1.29, 1.82) is 0 Å². The van der Waals surface area contributed by atoms with Gasteiger partial charge in [0.25, 0.3) is 0 Å². The molecule has 0 aliphatic carbocycles. The number of anilines is 4. The zero-order valence-corrected chi connectivity index (χ0v) is 18.0. The zero-order chi connectivity index (χ0) is 24.7. The molecule has 0 unspecified atom stereocenters. The van der Waals surface area contributed by atoms with E-state index in [-0.39, 0.29) is 40.4 Å². The Balaban J connectivity index is 1.86. The van der Waals surface area contributed by atoms with E-state index in [1.165, 1.54) is 49.4 Å². The number of rotatable bonds is 7. The van der Waals surface area contributed by atoms with Gasteiger partial charge in [-0.05, 0) is 60.7 Å². The number of halogens is 6. The van der Waals surface area contributed by atoms with E-state index in [9.17, 15) is 33.7 Å². The highest BCUT2D eigenvalue weighted by atomic mass is 32.5. The highest BCUT2D eigenvalue weighted by Crippen LogP contribution is 3.02. The average Bonchev–Trinajstić information content (AvgIpc) is 2.73. The van der Waals surface area contributed by atoms with E-state index >= 15 is 0 Å². The van der Waals surface area contributed by atoms with Gasteiger partial charge >= 0.3 is 16.2 Å². The molecule has 3 rings (SSSR count). The summed E-state index contributed by atoms with van der Waals surface area (Å²) in [5, 5.41) is 12.0. The summed E-state index contributed by atoms with van der Waals surface area (Å²) in [5.41, 5.74) is 0.223. The number of ether oxygens (including phenoxy) is 1. The van der Waals surface area contributed by atoms with E-state index in [0.29, 0.717) is 5.75 Å². The van der Waals surface area contributed by atoms with Gasteiger partial charge in [-0.2, -0.15) is 0 Å². The van der Waals surface area contributed by atoms with Crippen LogP contribution in [0.4, 0.5) is 46.6 Å². The summed E-state index contributed by atoms with van der Waals surface area (Å²) in [5.74, 6) is -1.75. The van der Waals surface area contributed by atoms with E-state index in [2.05, 4.69) is 5.32 Å². The second-order valence-electron chi connectivity index (χ2n) is 7.03. The van der Waals surface area contributed by atoms with Crippen molar-refractivity contribution in [3.05, 3.63) is 72.0 Å². The first kappa shape index (κ1) is 24.1. The van der Waals surface area contributed by atoms with Crippen LogP contribution in [0.15, 0.2) is 65.6 Å². The van der Waals surface area contributed by atoms with E-state index < -0.39 is 26.9 Å². The van der Waals surface area contributed by atoms with Crippen LogP contribution < -0.4 is 15.0 Å². The standard InChI is InChI=1S/C21H18F6N2O3S/c1-29(13-3-7-16(8-4-13)33(23,24,25,26)27)14-5-9-20(18(22)11-14)28-19-10-6-15(32-2)12-17(19)21(30)31/h3-12,28H,1-2H3,(H,30,31). The fraction of sp³-hybridized carbons (Fsp3) is 0.0952. The lowest BCUT2D eigenvalue weighted by atomic mass is 10.1. The smallest absolute Gasteiger partial charge is 0.337 e. The van der Waals surface area contributed by atoms with Crippen molar-refractivity contribution in [1.82, 2.24) is 0 Å². The first-order valence-electron chi connectivity index (χ1n) is 9.15. The van der Waals surface area contributed by atoms with Crippen LogP contribution in [0.2, 0.25) is 0 Å². The normalized spacial score (nSPS) is 13.6. The van der Waals surface area contributed by atoms with Crippen LogP contribution in [0.5, 0.6) is 5.75 Å². The van der Waals surface area contributed by atoms with Crippen molar-refractivity contribution in [2.24, 2.45) is 0 Å². The van der Waals surface area contributed by atoms with Crippen LogP contribution in [0.1, 0.15) is 10.4 Å². The molecule has 0 aromatic heterocycles. The minimum absolute atomic E-state index is 0.0592. The fourth-order valence-corrected chi connectivity index (χ4v) is 3.62. The van der Waals surface area contributed by atoms with Crippen molar-refractivity contribution in [3.63, 3.8) is 0 Å². The lowest BCUT2D eigenvalue weighted by molar-refractivity contribution is 0.0697. The van der Waals surface area contributed by atoms with Crippen molar-refractivity contribution in [2.75, 3.05) is 24.4 Å². The lowest BCUT2D eigenvalue weighted by Gasteiger charge is -2.40. The van der Waals surface area contributed by atoms with Crippen LogP contribution in [-0.2, 0) is 0 Å². The number of carbonyl (C=O) groups is 1. The molecule has 0 bridgehead atoms. The Hall–Kier alpha value is -3.54. The van der Waals surface area contributed by atoms with Gasteiger partial charge in [-0.3, -0.25) is 0 Å². The van der Waals surface area contributed by atoms with Crippen LogP contribution in [0, 0.1) is 5.82 Å². The molecule has 0 spiro atoms. The summed E-state index contributed by atoms with van der Waals surface area (Å²) in [6.45, 7) is 0. The third-order valence-electron chi connectivity index (χ3n) is 4.74. The van der Waals surface area contributed by atoms with Gasteiger partial charge in [-0.15, -0.1) is 0 Å². The molecule has 2 N–H and O–H groups in total. The monoisotopic (exact) mass is 492 g/mol. The third-order valence-corrected chi connectivity index (χ3v) is 5.90. The van der Waals surface area contributed by atoms with Crippen molar-refractivity contribution < 1.29 is 38.5 Å². The number of nitrogens with one attached hydrogen (secondary N) is 1. The number of methoxy groups -OCH3 is 1. The highest BCUT2D eigenvalue weighted by molar-refractivity contribution is 8.45. The van der Waals surface area contributed by atoms with E-state index in [1.807, 2.05) is 0 Å². The summed E-state index contributed by atoms with van der Waals surface area (Å²) in [4.78, 5) is 10.8. The Morgan fingerprint density at radius 2 is 1.48 bits per heavy atom. The van der Waals surface area contributed by atoms with Crippen LogP contribution >= 0.6 is 10.2 Å². The van der Waals surface area contributed by atoms with Gasteiger partial charge in [-0.25, -0.2) is 9.18 Å². The minimum Gasteiger partial charge on any atom is -0.497 e. The Morgan fingerprint density at radius 1 is 0.909 bits per heavy atom. The summed E-state index contributed by atoms with van der Waals surface area (Å²) < 4.78 is 84.1. The molecule has 0 saturated carbocycles. The molecule has 0 amide bonds. The van der Waals surface area contributed by atoms with Crippen LogP contribution in [0.3, 0.4) is 0 Å². The van der Waals surface area contributed by atoms with Crippen molar-refractivity contribution in [2.45, 2.75) is 4.90 Å². The number of carboxylic acids is 1. The molecule has 178 valence electrons. The Morgan fingerprint density at radius 3 is 2.00 bits per heavy atom. The molecule has 0 fully saturated rings. The molecule has 0 radical (unpaired) electrons. The molecule has 0 atom stereocenters. The first-order chi connectivity index (χ1) is 15.1. The maximum atomic E-state index is 14.7. The summed E-state index contributed by atoms with van der Waals surface area (Å²) >= 11 is 0. The van der Waals surface area contributed by atoms with E-state index in [1.54, 1.807) is 0 Å². The molecule has 0 aliphatic rings. The molecule has 3 aromatic rings. The first-order valence-corrected chi connectivity index (χ1v) is 11.1. The topological polar surface area (TPSA) is 61.8 Å². The molecule has 0 saturated heterocycles. The van der Waals surface area contributed by atoms with Gasteiger partial charge < -0.3 is 20.1 Å². The molecule has 5 nitrogen and oxygen atoms in total. The fourth-order valence-electron chi connectivity index (χ4n) is 2.97. The summed E-state index contributed by atoms with van der Waals surface area (Å²) in [7, 11) is -7.00. The Labute approximate surface area is 184 Å². The van der Waals surface area contributed by atoms with Crippen molar-refractivity contribution >= 4 is 38.9 Å². The maximum Gasteiger partial charge on any atom is 0.337 e. The molecule has 0 aliphatic heterocycles. The van der Waals surface area contributed by atoms with Gasteiger partial charge in [0.05, 0.1) is 24.0 Å². The number of carboxylic acid groups (broad SMARTS) is 1. The largest absolute Gasteiger partial charge is 0.497 e. The predicted octanol–water partition coefficient (Wildman–Crippen LogP) is 7.70. The van der Waals surface area contributed by atoms with Crippen LogP contribution in [-0.4, -0.2) is 25.2 Å². The third kappa shape index (κ3) is 5.45. The average molecular weight is 492 g/mol. The van der Waals surface area contributed by atoms with E-state index in [4.69, 9.17) is 4.74 Å². The van der Waals surface area contributed by atoms with Gasteiger partial charge in [-0.1, -0.05) is 19.4 Å². The molecule has 12 heteroatoms. The second kappa shape index (κ2) is 7.51. The quantitative estimate of drug-likeness (QED) is 0.331. The number of aromatic carboxylic acids is 1. The maximum absolute atomic E-state index is 14.7. The molecule has 0 heterocycles. The number of nitrogens with zero attached hydrogens (tertiary/aromatic N) is 1. The Kier molecular flexibility index (Phi) is 5.49. The van der Waals surface area contributed by atoms with Gasteiger partial charge in [0.15, 0.2) is 0 Å². The summed E-state index contributed by atoms with van der Waals surface area (Å²) in [6, 6.07) is 10.2. The highest BCUT2D eigenvalue weighted by Gasteiger charge is 2.65. The van der Waals surface area contributed by atoms with Crippen molar-refractivity contribution in [3.8, 4) is 5.75 Å². The minimum atomic E-state index is -9.79. The zero-order valence-electron chi connectivity index (χ0n) is 17.2. The number of hydrogen-bond donors (Lipinski definition) is 2. The predicted molar refractivity (Wildman–Crippen MR) is 116 cm³/mol. The summed E-state index contributed by atoms with van der Waals surface area (Å²) in [6.07, 6.45) is 0. The van der Waals surface area contributed by atoms with Gasteiger partial charge in [0.1, 0.15) is 16.5 Å². The molecule has 3 aromatic carbocycles.